The number of ether oxygens (including phenoxy) is 2. The SMILES string of the molecule is CC(C)(C)OC(=O)CN(C[C@H](NC(=O)OCC1c2ccccc2-c2ccccc21)C(=O)O)CC(F)(F)C(F)(F)F. The number of hydrogen-bond acceptors (Lipinski definition) is 6. The number of hydrogen-bond donors (Lipinski definition) is 2. The van der Waals surface area contributed by atoms with Gasteiger partial charge in [0.15, 0.2) is 0 Å². The minimum Gasteiger partial charge on any atom is -0.480 e. The first-order valence-corrected chi connectivity index (χ1v) is 12.2. The molecule has 1 aliphatic rings. The molecular weight excluding hydrogens is 543 g/mol. The normalized spacial score (nSPS) is 14.3. The number of nitrogens with one attached hydrogen (secondary N) is 1. The number of carboxylic acid groups (broad SMARTS) is 1. The van der Waals surface area contributed by atoms with Crippen molar-refractivity contribution in [2.75, 3.05) is 26.2 Å². The number of carboxylic acids is 1. The van der Waals surface area contributed by atoms with E-state index in [0.717, 1.165) is 22.3 Å². The number of aliphatic carboxylic acids is 1. The van der Waals surface area contributed by atoms with Crippen molar-refractivity contribution in [2.24, 2.45) is 0 Å². The molecular formula is C27H29F5N2O6. The molecule has 0 spiro atoms. The molecule has 0 unspecified atom stereocenters. The van der Waals surface area contributed by atoms with E-state index in [9.17, 15) is 41.4 Å². The lowest BCUT2D eigenvalue weighted by atomic mass is 9.98. The van der Waals surface area contributed by atoms with E-state index >= 15 is 0 Å². The molecule has 0 saturated heterocycles. The van der Waals surface area contributed by atoms with Gasteiger partial charge in [-0.1, -0.05) is 48.5 Å². The van der Waals surface area contributed by atoms with Gasteiger partial charge in [0.25, 0.3) is 0 Å². The smallest absolute Gasteiger partial charge is 0.454 e. The third kappa shape index (κ3) is 7.68. The Balaban J connectivity index is 1.71. The molecule has 218 valence electrons. The van der Waals surface area contributed by atoms with E-state index in [1.54, 1.807) is 0 Å². The molecule has 0 radical (unpaired) electrons. The second-order valence-corrected chi connectivity index (χ2v) is 10.3. The Morgan fingerprint density at radius 1 is 0.950 bits per heavy atom. The van der Waals surface area contributed by atoms with Gasteiger partial charge in [-0.25, -0.2) is 9.59 Å². The minimum absolute atomic E-state index is 0.194. The van der Waals surface area contributed by atoms with Crippen LogP contribution in [0.5, 0.6) is 0 Å². The number of alkyl halides is 5. The van der Waals surface area contributed by atoms with Crippen LogP contribution in [0.25, 0.3) is 11.1 Å². The Bertz CT molecular complexity index is 1200. The van der Waals surface area contributed by atoms with Gasteiger partial charge in [0.1, 0.15) is 18.2 Å². The molecule has 2 aromatic rings. The molecule has 1 amide bonds. The maximum atomic E-state index is 13.8. The molecule has 40 heavy (non-hydrogen) atoms. The zero-order valence-electron chi connectivity index (χ0n) is 21.9. The number of benzene rings is 2. The molecule has 3 rings (SSSR count). The second-order valence-electron chi connectivity index (χ2n) is 10.3. The predicted molar refractivity (Wildman–Crippen MR) is 133 cm³/mol. The Hall–Kier alpha value is -3.74. The first-order chi connectivity index (χ1) is 18.5. The van der Waals surface area contributed by atoms with Crippen LogP contribution in [0, 0.1) is 0 Å². The largest absolute Gasteiger partial charge is 0.480 e. The fraction of sp³-hybridized carbons (Fsp3) is 0.444. The fourth-order valence-electron chi connectivity index (χ4n) is 4.34. The predicted octanol–water partition coefficient (Wildman–Crippen LogP) is 4.82. The lowest BCUT2D eigenvalue weighted by molar-refractivity contribution is -0.286. The molecule has 2 aromatic carbocycles. The van der Waals surface area contributed by atoms with Gasteiger partial charge in [-0.15, -0.1) is 0 Å². The van der Waals surface area contributed by atoms with Gasteiger partial charge < -0.3 is 19.9 Å². The van der Waals surface area contributed by atoms with Crippen LogP contribution in [0.1, 0.15) is 37.8 Å². The standard InChI is InChI=1S/C27H29F5N2O6/c1-25(2,3)40-22(35)13-34(15-26(28,29)27(30,31)32)12-21(23(36)37)33-24(38)39-14-20-18-10-6-4-8-16(18)17-9-5-7-11-19(17)20/h4-11,20-21H,12-15H2,1-3H3,(H,33,38)(H,36,37)/t21-/m0/s1. The first kappa shape index (κ1) is 30.8. The van der Waals surface area contributed by atoms with Crippen LogP contribution >= 0.6 is 0 Å². The van der Waals surface area contributed by atoms with E-state index in [-0.39, 0.29) is 17.4 Å². The number of alkyl carbamates (subject to hydrolysis) is 1. The summed E-state index contributed by atoms with van der Waals surface area (Å²) in [5.41, 5.74) is 2.56. The van der Waals surface area contributed by atoms with Gasteiger partial charge in [0, 0.05) is 12.5 Å². The van der Waals surface area contributed by atoms with E-state index in [1.807, 2.05) is 53.8 Å². The van der Waals surface area contributed by atoms with Crippen LogP contribution in [0.4, 0.5) is 26.7 Å². The van der Waals surface area contributed by atoms with Crippen molar-refractivity contribution in [2.45, 2.75) is 50.4 Å². The number of carbonyl (C=O) groups is 3. The highest BCUT2D eigenvalue weighted by atomic mass is 19.4. The lowest BCUT2D eigenvalue weighted by Gasteiger charge is -2.30. The van der Waals surface area contributed by atoms with Crippen LogP contribution in [-0.4, -0.2) is 78.0 Å². The number of nitrogens with zero attached hydrogens (tertiary/aromatic N) is 1. The van der Waals surface area contributed by atoms with Crippen LogP contribution in [0.2, 0.25) is 0 Å². The fourth-order valence-corrected chi connectivity index (χ4v) is 4.34. The van der Waals surface area contributed by atoms with Crippen molar-refractivity contribution in [3.63, 3.8) is 0 Å². The summed E-state index contributed by atoms with van der Waals surface area (Å²) in [6.45, 7) is -0.00959. The molecule has 1 atom stereocenters. The maximum absolute atomic E-state index is 13.8. The van der Waals surface area contributed by atoms with Gasteiger partial charge in [-0.3, -0.25) is 9.69 Å². The average molecular weight is 573 g/mol. The van der Waals surface area contributed by atoms with Crippen LogP contribution in [0.3, 0.4) is 0 Å². The third-order valence-corrected chi connectivity index (χ3v) is 5.98. The van der Waals surface area contributed by atoms with Gasteiger partial charge >= 0.3 is 30.1 Å². The van der Waals surface area contributed by atoms with Crippen molar-refractivity contribution in [1.82, 2.24) is 10.2 Å². The Kier molecular flexibility index (Phi) is 9.07. The highest BCUT2D eigenvalue weighted by Gasteiger charge is 2.58. The van der Waals surface area contributed by atoms with Gasteiger partial charge in [0.2, 0.25) is 0 Å². The van der Waals surface area contributed by atoms with Gasteiger partial charge in [-0.05, 0) is 43.0 Å². The molecule has 0 bridgehead atoms. The summed E-state index contributed by atoms with van der Waals surface area (Å²) in [5.74, 6) is -8.54. The van der Waals surface area contributed by atoms with Crippen molar-refractivity contribution in [3.05, 3.63) is 59.7 Å². The summed E-state index contributed by atoms with van der Waals surface area (Å²) in [6, 6.07) is 12.9. The van der Waals surface area contributed by atoms with Gasteiger partial charge in [-0.2, -0.15) is 22.0 Å². The molecule has 0 fully saturated rings. The van der Waals surface area contributed by atoms with Crippen LogP contribution in [0.15, 0.2) is 48.5 Å². The number of amides is 1. The number of halogens is 5. The molecule has 13 heteroatoms. The van der Waals surface area contributed by atoms with Crippen molar-refractivity contribution < 1.29 is 50.9 Å². The Morgan fingerprint density at radius 3 is 1.95 bits per heavy atom. The van der Waals surface area contributed by atoms with E-state index < -0.39 is 61.4 Å². The first-order valence-electron chi connectivity index (χ1n) is 12.2. The third-order valence-electron chi connectivity index (χ3n) is 5.98. The lowest BCUT2D eigenvalue weighted by Crippen LogP contribution is -2.54. The summed E-state index contributed by atoms with van der Waals surface area (Å²) in [7, 11) is 0. The number of fused-ring (bicyclic) bond motifs is 3. The molecule has 0 aromatic heterocycles. The molecule has 0 aliphatic heterocycles. The second kappa shape index (κ2) is 11.8. The maximum Gasteiger partial charge on any atom is 0.454 e. The van der Waals surface area contributed by atoms with Crippen molar-refractivity contribution >= 4 is 18.0 Å². The zero-order chi connectivity index (χ0) is 29.9. The summed E-state index contributed by atoms with van der Waals surface area (Å²) in [4.78, 5) is 36.8. The number of carbonyl (C=O) groups excluding carboxylic acids is 2. The van der Waals surface area contributed by atoms with E-state index in [4.69, 9.17) is 9.47 Å². The van der Waals surface area contributed by atoms with E-state index in [0.29, 0.717) is 0 Å². The summed E-state index contributed by atoms with van der Waals surface area (Å²) < 4.78 is 76.5. The highest BCUT2D eigenvalue weighted by Crippen LogP contribution is 2.44. The summed E-state index contributed by atoms with van der Waals surface area (Å²) in [6.07, 6.45) is -7.19. The summed E-state index contributed by atoms with van der Waals surface area (Å²) >= 11 is 0. The number of rotatable bonds is 10. The van der Waals surface area contributed by atoms with Crippen molar-refractivity contribution in [3.8, 4) is 11.1 Å². The molecule has 0 saturated carbocycles. The van der Waals surface area contributed by atoms with Crippen LogP contribution in [-0.2, 0) is 19.1 Å². The zero-order valence-corrected chi connectivity index (χ0v) is 21.9. The molecule has 0 heterocycles. The van der Waals surface area contributed by atoms with E-state index in [2.05, 4.69) is 0 Å². The molecule has 8 nitrogen and oxygen atoms in total. The van der Waals surface area contributed by atoms with Crippen LogP contribution < -0.4 is 5.32 Å². The summed E-state index contributed by atoms with van der Waals surface area (Å²) in [5, 5.41) is 11.6. The Morgan fingerprint density at radius 2 is 1.48 bits per heavy atom. The molecule has 1 aliphatic carbocycles. The van der Waals surface area contributed by atoms with Crippen molar-refractivity contribution in [1.29, 1.82) is 0 Å². The quantitative estimate of drug-likeness (QED) is 0.311. The highest BCUT2D eigenvalue weighted by molar-refractivity contribution is 5.81. The number of esters is 1. The monoisotopic (exact) mass is 572 g/mol. The van der Waals surface area contributed by atoms with Gasteiger partial charge in [0.05, 0.1) is 13.1 Å². The van der Waals surface area contributed by atoms with E-state index in [1.165, 1.54) is 20.8 Å². The Labute approximate surface area is 227 Å². The minimum atomic E-state index is -5.96. The molecule has 2 N–H and O–H groups in total. The topological polar surface area (TPSA) is 105 Å². The average Bonchev–Trinajstić information content (AvgIpc) is 3.13.